The maximum atomic E-state index is 5.78. The van der Waals surface area contributed by atoms with Crippen LogP contribution in [-0.2, 0) is 4.74 Å². The second-order valence-electron chi connectivity index (χ2n) is 4.50. The number of nitrogens with one attached hydrogen (secondary N) is 1. The molecule has 4 nitrogen and oxygen atoms in total. The average molecular weight is 300 g/mol. The summed E-state index contributed by atoms with van der Waals surface area (Å²) in [5.74, 6) is 0. The highest BCUT2D eigenvalue weighted by Gasteiger charge is 2.23. The predicted octanol–water partition coefficient (Wildman–Crippen LogP) is 1.98. The number of rotatable bonds is 3. The summed E-state index contributed by atoms with van der Waals surface area (Å²) in [7, 11) is 2.13. The van der Waals surface area contributed by atoms with Crippen molar-refractivity contribution in [1.82, 2.24) is 9.88 Å². The lowest BCUT2D eigenvalue weighted by atomic mass is 10.1. The first-order valence-electron chi connectivity index (χ1n) is 5.82. The number of morpholine rings is 1. The Morgan fingerprint density at radius 3 is 3.12 bits per heavy atom. The van der Waals surface area contributed by atoms with Crippen LogP contribution in [0.3, 0.4) is 0 Å². The Kier molecular flexibility index (Phi) is 4.36. The second kappa shape index (κ2) is 5.80. The van der Waals surface area contributed by atoms with E-state index < -0.39 is 0 Å². The first kappa shape index (κ1) is 12.8. The zero-order valence-corrected chi connectivity index (χ0v) is 11.8. The zero-order chi connectivity index (χ0) is 12.3. The van der Waals surface area contributed by atoms with Gasteiger partial charge >= 0.3 is 0 Å². The van der Waals surface area contributed by atoms with Crippen molar-refractivity contribution in [3.63, 3.8) is 0 Å². The summed E-state index contributed by atoms with van der Waals surface area (Å²) >= 11 is 3.42. The van der Waals surface area contributed by atoms with E-state index >= 15 is 0 Å². The second-order valence-corrected chi connectivity index (χ2v) is 5.41. The van der Waals surface area contributed by atoms with Gasteiger partial charge in [-0.15, -0.1) is 0 Å². The summed E-state index contributed by atoms with van der Waals surface area (Å²) in [4.78, 5) is 6.43. The summed E-state index contributed by atoms with van der Waals surface area (Å²) in [5.41, 5.74) is 1.02. The number of aromatic nitrogens is 1. The van der Waals surface area contributed by atoms with Gasteiger partial charge in [-0.05, 0) is 36.0 Å². The number of likely N-dealkylation sites (N-methyl/N-ethyl adjacent to an activating group) is 1. The fourth-order valence-electron chi connectivity index (χ4n) is 1.96. The van der Waals surface area contributed by atoms with Crippen molar-refractivity contribution in [2.24, 2.45) is 0 Å². The van der Waals surface area contributed by atoms with E-state index in [9.17, 15) is 0 Å². The monoisotopic (exact) mass is 299 g/mol. The lowest BCUT2D eigenvalue weighted by Gasteiger charge is -2.34. The molecule has 2 heterocycles. The minimum absolute atomic E-state index is 0.229. The van der Waals surface area contributed by atoms with Crippen molar-refractivity contribution in [3.8, 4) is 0 Å². The number of anilines is 1. The van der Waals surface area contributed by atoms with E-state index in [0.29, 0.717) is 0 Å². The fraction of sp³-hybridized carbons (Fsp3) is 0.583. The van der Waals surface area contributed by atoms with Crippen LogP contribution in [0.2, 0.25) is 0 Å². The van der Waals surface area contributed by atoms with Crippen molar-refractivity contribution < 1.29 is 4.74 Å². The van der Waals surface area contributed by atoms with Crippen LogP contribution < -0.4 is 5.32 Å². The molecular formula is C12H18BrN3O. The maximum absolute atomic E-state index is 5.78. The summed E-state index contributed by atoms with van der Waals surface area (Å²) < 4.78 is 6.76. The van der Waals surface area contributed by atoms with E-state index in [-0.39, 0.29) is 12.1 Å². The van der Waals surface area contributed by atoms with Crippen molar-refractivity contribution in [1.29, 1.82) is 0 Å². The molecule has 0 saturated carbocycles. The summed E-state index contributed by atoms with van der Waals surface area (Å²) in [6.07, 6.45) is 3.84. The molecule has 17 heavy (non-hydrogen) atoms. The number of hydrogen-bond acceptors (Lipinski definition) is 4. The molecule has 1 aliphatic rings. The molecule has 1 saturated heterocycles. The lowest BCUT2D eigenvalue weighted by Crippen LogP contribution is -2.47. The van der Waals surface area contributed by atoms with Crippen molar-refractivity contribution >= 4 is 21.6 Å². The average Bonchev–Trinajstić information content (AvgIpc) is 2.29. The van der Waals surface area contributed by atoms with Crippen LogP contribution in [0.1, 0.15) is 6.92 Å². The van der Waals surface area contributed by atoms with Crippen LogP contribution in [0.4, 0.5) is 5.69 Å². The quantitative estimate of drug-likeness (QED) is 0.926. The molecular weight excluding hydrogens is 282 g/mol. The molecule has 1 fully saturated rings. The van der Waals surface area contributed by atoms with Gasteiger partial charge in [0, 0.05) is 23.8 Å². The van der Waals surface area contributed by atoms with Crippen molar-refractivity contribution in [2.45, 2.75) is 19.1 Å². The fourth-order valence-corrected chi connectivity index (χ4v) is 2.33. The number of ether oxygens (including phenoxy) is 1. The first-order valence-corrected chi connectivity index (χ1v) is 6.61. The van der Waals surface area contributed by atoms with E-state index in [0.717, 1.165) is 29.9 Å². The smallest absolute Gasteiger partial charge is 0.0900 e. The predicted molar refractivity (Wildman–Crippen MR) is 72.3 cm³/mol. The Morgan fingerprint density at radius 2 is 2.41 bits per heavy atom. The van der Waals surface area contributed by atoms with E-state index in [1.54, 1.807) is 6.20 Å². The molecule has 2 atom stereocenters. The number of hydrogen-bond donors (Lipinski definition) is 1. The highest BCUT2D eigenvalue weighted by atomic mass is 79.9. The van der Waals surface area contributed by atoms with Crippen LogP contribution in [0.15, 0.2) is 22.9 Å². The molecule has 2 rings (SSSR count). The van der Waals surface area contributed by atoms with Crippen molar-refractivity contribution in [3.05, 3.63) is 22.9 Å². The van der Waals surface area contributed by atoms with Gasteiger partial charge < -0.3 is 15.0 Å². The van der Waals surface area contributed by atoms with Gasteiger partial charge in [0.05, 0.1) is 30.6 Å². The number of nitrogens with zero attached hydrogens (tertiary/aromatic N) is 2. The number of halogens is 1. The van der Waals surface area contributed by atoms with Crippen molar-refractivity contribution in [2.75, 3.05) is 32.1 Å². The topological polar surface area (TPSA) is 37.4 Å². The highest BCUT2D eigenvalue weighted by molar-refractivity contribution is 9.10. The van der Waals surface area contributed by atoms with Crippen LogP contribution in [0, 0.1) is 0 Å². The molecule has 0 spiro atoms. The van der Waals surface area contributed by atoms with Gasteiger partial charge in [0.1, 0.15) is 0 Å². The standard InChI is InChI=1S/C12H18BrN3O/c1-9(12-8-16(2)3-4-17-12)15-11-5-10(13)6-14-7-11/h5-7,9,12,15H,3-4,8H2,1-2H3. The third-order valence-corrected chi connectivity index (χ3v) is 3.39. The minimum Gasteiger partial charge on any atom is -0.379 e. The van der Waals surface area contributed by atoms with Crippen LogP contribution >= 0.6 is 15.9 Å². The van der Waals surface area contributed by atoms with Crippen LogP contribution in [0.25, 0.3) is 0 Å². The lowest BCUT2D eigenvalue weighted by molar-refractivity contribution is -0.0259. The molecule has 5 heteroatoms. The van der Waals surface area contributed by atoms with Crippen LogP contribution in [-0.4, -0.2) is 48.8 Å². The molecule has 1 aromatic rings. The van der Waals surface area contributed by atoms with E-state index in [1.165, 1.54) is 0 Å². The molecule has 0 amide bonds. The van der Waals surface area contributed by atoms with Gasteiger partial charge in [0.15, 0.2) is 0 Å². The molecule has 2 unspecified atom stereocenters. The molecule has 0 bridgehead atoms. The molecule has 0 radical (unpaired) electrons. The van der Waals surface area contributed by atoms with Gasteiger partial charge in [-0.2, -0.15) is 0 Å². The highest BCUT2D eigenvalue weighted by Crippen LogP contribution is 2.17. The Labute approximate surface area is 110 Å². The SMILES string of the molecule is CC(Nc1cncc(Br)c1)C1CN(C)CCO1. The zero-order valence-electron chi connectivity index (χ0n) is 10.2. The molecule has 1 aliphatic heterocycles. The normalized spacial score (nSPS) is 23.4. The summed E-state index contributed by atoms with van der Waals surface area (Å²) in [5, 5.41) is 3.43. The molecule has 1 N–H and O–H groups in total. The van der Waals surface area contributed by atoms with Gasteiger partial charge in [-0.3, -0.25) is 4.98 Å². The van der Waals surface area contributed by atoms with Gasteiger partial charge in [0.2, 0.25) is 0 Å². The minimum atomic E-state index is 0.229. The third kappa shape index (κ3) is 3.66. The molecule has 1 aromatic heterocycles. The molecule has 0 aliphatic carbocycles. The molecule has 0 aromatic carbocycles. The molecule has 94 valence electrons. The first-order chi connectivity index (χ1) is 8.15. The van der Waals surface area contributed by atoms with E-state index in [1.807, 2.05) is 12.3 Å². The largest absolute Gasteiger partial charge is 0.379 e. The summed E-state index contributed by atoms with van der Waals surface area (Å²) in [6.45, 7) is 4.94. The van der Waals surface area contributed by atoms with E-state index in [4.69, 9.17) is 4.74 Å². The van der Waals surface area contributed by atoms with Gasteiger partial charge in [-0.1, -0.05) is 0 Å². The van der Waals surface area contributed by atoms with Gasteiger partial charge in [-0.25, -0.2) is 0 Å². The maximum Gasteiger partial charge on any atom is 0.0900 e. The number of pyridine rings is 1. The Morgan fingerprint density at radius 1 is 1.59 bits per heavy atom. The Bertz CT molecular complexity index is 375. The summed E-state index contributed by atoms with van der Waals surface area (Å²) in [6, 6.07) is 2.30. The van der Waals surface area contributed by atoms with Crippen LogP contribution in [0.5, 0.6) is 0 Å². The third-order valence-electron chi connectivity index (χ3n) is 2.95. The van der Waals surface area contributed by atoms with E-state index in [2.05, 4.69) is 45.1 Å². The Balaban J connectivity index is 1.94. The Hall–Kier alpha value is -0.650. The van der Waals surface area contributed by atoms with Gasteiger partial charge in [0.25, 0.3) is 0 Å².